The summed E-state index contributed by atoms with van der Waals surface area (Å²) in [4.78, 5) is 22.1. The summed E-state index contributed by atoms with van der Waals surface area (Å²) in [6.45, 7) is 1.83. The van der Waals surface area contributed by atoms with Gasteiger partial charge < -0.3 is 10.1 Å². The first kappa shape index (κ1) is 22.3. The smallest absolute Gasteiger partial charge is 0.239 e. The van der Waals surface area contributed by atoms with Crippen molar-refractivity contribution in [1.82, 2.24) is 9.97 Å². The van der Waals surface area contributed by atoms with E-state index < -0.39 is 5.25 Å². The third-order valence-electron chi connectivity index (χ3n) is 5.41. The van der Waals surface area contributed by atoms with Gasteiger partial charge in [-0.15, -0.1) is 11.3 Å². The fourth-order valence-corrected chi connectivity index (χ4v) is 5.23. The van der Waals surface area contributed by atoms with Gasteiger partial charge in [0.05, 0.1) is 23.6 Å². The number of aromatic nitrogens is 2. The largest absolute Gasteiger partial charge is 0.497 e. The van der Waals surface area contributed by atoms with Crippen LogP contribution in [0.15, 0.2) is 40.7 Å². The number of methoxy groups -OCH3 is 1. The van der Waals surface area contributed by atoms with Crippen LogP contribution in [0.4, 0.5) is 5.13 Å². The number of nitriles is 1. The van der Waals surface area contributed by atoms with Crippen molar-refractivity contribution < 1.29 is 9.53 Å². The number of thiazole rings is 1. The van der Waals surface area contributed by atoms with Gasteiger partial charge in [0.25, 0.3) is 0 Å². The van der Waals surface area contributed by atoms with Crippen molar-refractivity contribution in [3.63, 3.8) is 0 Å². The van der Waals surface area contributed by atoms with Gasteiger partial charge in [-0.3, -0.25) is 4.79 Å². The van der Waals surface area contributed by atoms with Crippen molar-refractivity contribution in [2.75, 3.05) is 12.4 Å². The minimum Gasteiger partial charge on any atom is -0.497 e. The molecule has 0 fully saturated rings. The standard InChI is InChI=1S/C24H24N4O2S2/c1-15(32-23-18(13-25)12-17-6-4-3-5-7-20(17)26-23)22(29)28-24-27-21(14-31-24)16-8-10-19(30-2)11-9-16/h8-12,14-15H,3-7H2,1-2H3,(H,27,28,29). The second-order valence-corrected chi connectivity index (χ2v) is 9.82. The van der Waals surface area contributed by atoms with E-state index in [1.165, 1.54) is 35.1 Å². The third kappa shape index (κ3) is 5.12. The number of nitrogens with one attached hydrogen (secondary N) is 1. The Morgan fingerprint density at radius 3 is 2.75 bits per heavy atom. The SMILES string of the molecule is COc1ccc(-c2csc(NC(=O)C(C)Sc3nc4c(cc3C#N)CCCCC4)n2)cc1. The van der Waals surface area contributed by atoms with Crippen molar-refractivity contribution in [2.45, 2.75) is 49.3 Å². The molecule has 2 aromatic heterocycles. The van der Waals surface area contributed by atoms with Crippen LogP contribution < -0.4 is 10.1 Å². The lowest BCUT2D eigenvalue weighted by atomic mass is 10.1. The second-order valence-electron chi connectivity index (χ2n) is 7.64. The summed E-state index contributed by atoms with van der Waals surface area (Å²) in [6.07, 6.45) is 5.34. The maximum absolute atomic E-state index is 12.8. The molecule has 1 aliphatic rings. The monoisotopic (exact) mass is 464 g/mol. The number of fused-ring (bicyclic) bond motifs is 1. The highest BCUT2D eigenvalue weighted by Crippen LogP contribution is 2.31. The lowest BCUT2D eigenvalue weighted by molar-refractivity contribution is -0.115. The Balaban J connectivity index is 1.44. The van der Waals surface area contributed by atoms with E-state index in [0.717, 1.165) is 48.4 Å². The summed E-state index contributed by atoms with van der Waals surface area (Å²) in [5.41, 5.74) is 4.55. The van der Waals surface area contributed by atoms with E-state index in [-0.39, 0.29) is 5.91 Å². The van der Waals surface area contributed by atoms with Crippen molar-refractivity contribution in [3.8, 4) is 23.1 Å². The van der Waals surface area contributed by atoms with Crippen LogP contribution in [0.1, 0.15) is 43.0 Å². The summed E-state index contributed by atoms with van der Waals surface area (Å²) in [6, 6.07) is 11.9. The maximum atomic E-state index is 12.8. The van der Waals surface area contributed by atoms with Crippen molar-refractivity contribution in [2.24, 2.45) is 0 Å². The molecule has 4 rings (SSSR count). The fraction of sp³-hybridized carbons (Fsp3) is 0.333. The summed E-state index contributed by atoms with van der Waals surface area (Å²) in [5.74, 6) is 0.623. The number of rotatable bonds is 6. The molecular weight excluding hydrogens is 440 g/mol. The molecule has 3 aromatic rings. The van der Waals surface area contributed by atoms with Crippen LogP contribution in [0.5, 0.6) is 5.75 Å². The minimum absolute atomic E-state index is 0.161. The number of thioether (sulfide) groups is 1. The van der Waals surface area contributed by atoms with E-state index in [9.17, 15) is 10.1 Å². The Hall–Kier alpha value is -2.89. The van der Waals surface area contributed by atoms with E-state index in [1.807, 2.05) is 42.6 Å². The van der Waals surface area contributed by atoms with E-state index in [0.29, 0.717) is 15.7 Å². The quantitative estimate of drug-likeness (QED) is 0.384. The number of carbonyl (C=O) groups excluding carboxylic acids is 1. The topological polar surface area (TPSA) is 87.9 Å². The molecule has 2 heterocycles. The van der Waals surface area contributed by atoms with Gasteiger partial charge in [0.1, 0.15) is 16.8 Å². The lowest BCUT2D eigenvalue weighted by Crippen LogP contribution is -2.22. The molecule has 1 amide bonds. The molecule has 164 valence electrons. The molecule has 0 aliphatic heterocycles. The molecule has 32 heavy (non-hydrogen) atoms. The Labute approximate surface area is 196 Å². The third-order valence-corrected chi connectivity index (χ3v) is 7.27. The van der Waals surface area contributed by atoms with E-state index in [4.69, 9.17) is 9.72 Å². The number of hydrogen-bond acceptors (Lipinski definition) is 7. The zero-order chi connectivity index (χ0) is 22.5. The second kappa shape index (κ2) is 10.2. The van der Waals surface area contributed by atoms with Gasteiger partial charge >= 0.3 is 0 Å². The molecule has 1 N–H and O–H groups in total. The lowest BCUT2D eigenvalue weighted by Gasteiger charge is -2.13. The zero-order valence-corrected chi connectivity index (χ0v) is 19.7. The molecular formula is C24H24N4O2S2. The van der Waals surface area contributed by atoms with Crippen LogP contribution in [0.25, 0.3) is 11.3 Å². The highest BCUT2D eigenvalue weighted by Gasteiger charge is 2.21. The number of hydrogen-bond donors (Lipinski definition) is 1. The van der Waals surface area contributed by atoms with Gasteiger partial charge in [0.15, 0.2) is 5.13 Å². The van der Waals surface area contributed by atoms with Crippen LogP contribution >= 0.6 is 23.1 Å². The predicted molar refractivity (Wildman–Crippen MR) is 128 cm³/mol. The van der Waals surface area contributed by atoms with Gasteiger partial charge in [0, 0.05) is 16.6 Å². The molecule has 0 bridgehead atoms. The van der Waals surface area contributed by atoms with Crippen LogP contribution in [0, 0.1) is 11.3 Å². The Kier molecular flexibility index (Phi) is 7.08. The maximum Gasteiger partial charge on any atom is 0.239 e. The van der Waals surface area contributed by atoms with Crippen LogP contribution in [0.3, 0.4) is 0 Å². The average molecular weight is 465 g/mol. The van der Waals surface area contributed by atoms with Crippen LogP contribution in [0.2, 0.25) is 0 Å². The molecule has 8 heteroatoms. The van der Waals surface area contributed by atoms with Gasteiger partial charge in [0.2, 0.25) is 5.91 Å². The highest BCUT2D eigenvalue weighted by atomic mass is 32.2. The van der Waals surface area contributed by atoms with Crippen LogP contribution in [-0.4, -0.2) is 28.2 Å². The number of pyridine rings is 1. The molecule has 1 aliphatic carbocycles. The van der Waals surface area contributed by atoms with Gasteiger partial charge in [-0.25, -0.2) is 9.97 Å². The summed E-state index contributed by atoms with van der Waals surface area (Å²) in [5, 5.41) is 15.2. The number of amides is 1. The molecule has 0 saturated heterocycles. The first-order chi connectivity index (χ1) is 15.6. The van der Waals surface area contributed by atoms with Crippen LogP contribution in [-0.2, 0) is 17.6 Å². The molecule has 0 radical (unpaired) electrons. The number of carbonyl (C=O) groups is 1. The van der Waals surface area contributed by atoms with Crippen molar-refractivity contribution >= 4 is 34.1 Å². The highest BCUT2D eigenvalue weighted by molar-refractivity contribution is 8.00. The molecule has 0 saturated carbocycles. The van der Waals surface area contributed by atoms with Gasteiger partial charge in [-0.05, 0) is 68.5 Å². The number of anilines is 1. The minimum atomic E-state index is -0.410. The molecule has 6 nitrogen and oxygen atoms in total. The predicted octanol–water partition coefficient (Wildman–Crippen LogP) is 5.47. The van der Waals surface area contributed by atoms with Gasteiger partial charge in [-0.2, -0.15) is 5.26 Å². The normalized spacial score (nSPS) is 14.0. The van der Waals surface area contributed by atoms with E-state index >= 15 is 0 Å². The van der Waals surface area contributed by atoms with Crippen molar-refractivity contribution in [3.05, 3.63) is 52.5 Å². The van der Waals surface area contributed by atoms with E-state index in [2.05, 4.69) is 16.4 Å². The summed E-state index contributed by atoms with van der Waals surface area (Å²) >= 11 is 2.71. The number of benzene rings is 1. The molecule has 1 aromatic carbocycles. The Morgan fingerprint density at radius 2 is 2.00 bits per heavy atom. The zero-order valence-electron chi connectivity index (χ0n) is 18.1. The van der Waals surface area contributed by atoms with Crippen molar-refractivity contribution in [1.29, 1.82) is 5.26 Å². The summed E-state index contributed by atoms with van der Waals surface area (Å²) in [7, 11) is 1.63. The Bertz CT molecular complexity index is 1150. The van der Waals surface area contributed by atoms with Gasteiger partial charge in [-0.1, -0.05) is 18.2 Å². The molecule has 1 unspecified atom stereocenters. The molecule has 1 atom stereocenters. The fourth-order valence-electron chi connectivity index (χ4n) is 3.61. The first-order valence-electron chi connectivity index (χ1n) is 10.6. The summed E-state index contributed by atoms with van der Waals surface area (Å²) < 4.78 is 5.19. The number of aryl methyl sites for hydroxylation is 2. The first-order valence-corrected chi connectivity index (χ1v) is 12.3. The number of nitrogens with zero attached hydrogens (tertiary/aromatic N) is 3. The molecule has 0 spiro atoms. The Morgan fingerprint density at radius 1 is 1.22 bits per heavy atom. The number of ether oxygens (including phenoxy) is 1. The van der Waals surface area contributed by atoms with E-state index in [1.54, 1.807) is 7.11 Å². The average Bonchev–Trinajstić information content (AvgIpc) is 3.15.